The van der Waals surface area contributed by atoms with Gasteiger partial charge in [-0.3, -0.25) is 39.0 Å². The summed E-state index contributed by atoms with van der Waals surface area (Å²) in [5.41, 5.74) is 6.71. The number of para-hydroxylation sites is 1. The first-order valence-electron chi connectivity index (χ1n) is 17.8. The average molecular weight is 718 g/mol. The lowest BCUT2D eigenvalue weighted by atomic mass is 9.70. The number of H-pyrrole nitrogens is 1. The van der Waals surface area contributed by atoms with Crippen molar-refractivity contribution in [1.29, 1.82) is 0 Å². The minimum atomic E-state index is -1.03. The predicted molar refractivity (Wildman–Crippen MR) is 197 cm³/mol. The summed E-state index contributed by atoms with van der Waals surface area (Å²) in [7, 11) is 0. The van der Waals surface area contributed by atoms with Gasteiger partial charge in [-0.1, -0.05) is 45.0 Å². The van der Waals surface area contributed by atoms with Gasteiger partial charge in [-0.25, -0.2) is 0 Å². The highest BCUT2D eigenvalue weighted by Crippen LogP contribution is 2.46. The SMILES string of the molecule is CCc1cc2c(cc1N1CCN(C(=O)CCSc3cccc4c3C(=O)N(C3CCC(=O)NC3=O)C4=O)CC1)C(C)(C)c1[nH]c3ccccc3c1C2=O. The second-order valence-corrected chi connectivity index (χ2v) is 15.5. The summed E-state index contributed by atoms with van der Waals surface area (Å²) in [5, 5.41) is 3.17. The Bertz CT molecular complexity index is 2230. The molecule has 1 aromatic heterocycles. The molecule has 4 aromatic rings. The van der Waals surface area contributed by atoms with Crippen molar-refractivity contribution in [2.45, 2.75) is 62.8 Å². The molecule has 4 aliphatic rings. The van der Waals surface area contributed by atoms with Crippen LogP contribution in [0.5, 0.6) is 0 Å². The molecule has 3 aromatic carbocycles. The van der Waals surface area contributed by atoms with Gasteiger partial charge in [0.05, 0.1) is 16.7 Å². The Kier molecular flexibility index (Phi) is 8.32. The lowest BCUT2D eigenvalue weighted by Crippen LogP contribution is -2.54. The highest BCUT2D eigenvalue weighted by Gasteiger charge is 2.46. The number of nitrogens with one attached hydrogen (secondary N) is 2. The number of hydrogen-bond donors (Lipinski definition) is 2. The smallest absolute Gasteiger partial charge is 0.263 e. The van der Waals surface area contributed by atoms with Gasteiger partial charge in [0.2, 0.25) is 17.7 Å². The Morgan fingerprint density at radius 2 is 1.67 bits per heavy atom. The number of thioether (sulfide) groups is 1. The maximum Gasteiger partial charge on any atom is 0.263 e. The molecule has 0 radical (unpaired) electrons. The Morgan fingerprint density at radius 1 is 0.904 bits per heavy atom. The molecule has 5 amide bonds. The third-order valence-corrected chi connectivity index (χ3v) is 12.1. The van der Waals surface area contributed by atoms with Gasteiger partial charge in [-0.2, -0.15) is 0 Å². The summed E-state index contributed by atoms with van der Waals surface area (Å²) < 4.78 is 0. The van der Waals surface area contributed by atoms with E-state index >= 15 is 0 Å². The molecule has 0 spiro atoms. The lowest BCUT2D eigenvalue weighted by molar-refractivity contribution is -0.136. The van der Waals surface area contributed by atoms with Gasteiger partial charge < -0.3 is 14.8 Å². The number of ketones is 1. The first-order valence-corrected chi connectivity index (χ1v) is 18.8. The van der Waals surface area contributed by atoms with Crippen LogP contribution < -0.4 is 10.2 Å². The quantitative estimate of drug-likeness (QED) is 0.205. The van der Waals surface area contributed by atoms with Gasteiger partial charge in [0.15, 0.2) is 5.78 Å². The van der Waals surface area contributed by atoms with Crippen molar-refractivity contribution in [3.63, 3.8) is 0 Å². The van der Waals surface area contributed by atoms with Crippen LogP contribution >= 0.6 is 11.8 Å². The summed E-state index contributed by atoms with van der Waals surface area (Å²) in [6.45, 7) is 8.89. The van der Waals surface area contributed by atoms with Crippen molar-refractivity contribution in [3.8, 4) is 0 Å². The topological polar surface area (TPSA) is 140 Å². The zero-order valence-corrected chi connectivity index (χ0v) is 30.2. The third-order valence-electron chi connectivity index (χ3n) is 11.1. The molecule has 52 heavy (non-hydrogen) atoms. The molecule has 1 atom stereocenters. The van der Waals surface area contributed by atoms with Crippen LogP contribution in [0.15, 0.2) is 59.5 Å². The molecule has 1 unspecified atom stereocenters. The lowest BCUT2D eigenvalue weighted by Gasteiger charge is -2.39. The van der Waals surface area contributed by atoms with E-state index in [2.05, 4.69) is 48.1 Å². The van der Waals surface area contributed by atoms with Gasteiger partial charge in [0.25, 0.3) is 11.8 Å². The number of carbonyl (C=O) groups excluding carboxylic acids is 6. The van der Waals surface area contributed by atoms with Crippen LogP contribution in [-0.4, -0.2) is 88.1 Å². The molecule has 8 rings (SSSR count). The fourth-order valence-corrected chi connectivity index (χ4v) is 9.25. The number of carbonyl (C=O) groups is 6. The minimum absolute atomic E-state index is 0.0199. The van der Waals surface area contributed by atoms with E-state index in [1.807, 2.05) is 29.2 Å². The van der Waals surface area contributed by atoms with Crippen molar-refractivity contribution in [2.24, 2.45) is 0 Å². The van der Waals surface area contributed by atoms with Crippen molar-refractivity contribution in [3.05, 3.63) is 93.7 Å². The van der Waals surface area contributed by atoms with Gasteiger partial charge in [0.1, 0.15) is 6.04 Å². The van der Waals surface area contributed by atoms with E-state index in [1.54, 1.807) is 18.2 Å². The maximum atomic E-state index is 14.0. The summed E-state index contributed by atoms with van der Waals surface area (Å²) in [6.07, 6.45) is 1.18. The second-order valence-electron chi connectivity index (χ2n) is 14.3. The number of imide groups is 2. The van der Waals surface area contributed by atoms with Crippen molar-refractivity contribution in [2.75, 3.05) is 36.8 Å². The molecular formula is C40H39N5O6S. The molecule has 1 aliphatic carbocycles. The highest BCUT2D eigenvalue weighted by molar-refractivity contribution is 7.99. The van der Waals surface area contributed by atoms with E-state index in [4.69, 9.17) is 0 Å². The van der Waals surface area contributed by atoms with E-state index in [9.17, 15) is 28.8 Å². The number of amides is 5. The zero-order valence-electron chi connectivity index (χ0n) is 29.3. The molecule has 2 fully saturated rings. The standard InChI is InChI=1S/C40H39N5O6S/c1-4-22-20-25-26(40(2,3)36-34(35(25)48)23-8-5-6-10-27(23)41-36)21-29(22)43-15-17-44(18-16-43)32(47)14-19-52-30-11-7-9-24-33(30)39(51)45(38(24)50)28-12-13-31(46)42-37(28)49/h5-11,20-21,28,41H,4,12-19H2,1-3H3,(H,42,46,49). The van der Waals surface area contributed by atoms with Crippen molar-refractivity contribution < 1.29 is 28.8 Å². The molecule has 2 saturated heterocycles. The maximum absolute atomic E-state index is 14.0. The molecule has 3 aliphatic heterocycles. The number of piperazine rings is 1. The van der Waals surface area contributed by atoms with Crippen LogP contribution in [0.4, 0.5) is 5.69 Å². The number of benzene rings is 3. The monoisotopic (exact) mass is 717 g/mol. The molecule has 0 saturated carbocycles. The van der Waals surface area contributed by atoms with Crippen molar-refractivity contribution in [1.82, 2.24) is 20.1 Å². The Labute approximate surface area is 305 Å². The van der Waals surface area contributed by atoms with Crippen molar-refractivity contribution >= 4 is 63.7 Å². The summed E-state index contributed by atoms with van der Waals surface area (Å²) in [5.74, 6) is -1.68. The number of anilines is 1. The normalized spacial score (nSPS) is 19.6. The first kappa shape index (κ1) is 33.9. The third kappa shape index (κ3) is 5.34. The number of nitrogens with zero attached hydrogens (tertiary/aromatic N) is 3. The number of rotatable bonds is 7. The highest BCUT2D eigenvalue weighted by atomic mass is 32.2. The van der Waals surface area contributed by atoms with Gasteiger partial charge in [0, 0.05) is 82.9 Å². The van der Waals surface area contributed by atoms with E-state index in [0.29, 0.717) is 36.8 Å². The number of aromatic amines is 1. The van der Waals surface area contributed by atoms with Gasteiger partial charge in [-0.15, -0.1) is 11.8 Å². The number of hydrogen-bond acceptors (Lipinski definition) is 8. The Balaban J connectivity index is 0.926. The summed E-state index contributed by atoms with van der Waals surface area (Å²) in [6, 6.07) is 16.2. The van der Waals surface area contributed by atoms with E-state index in [1.165, 1.54) is 11.8 Å². The van der Waals surface area contributed by atoms with E-state index in [0.717, 1.165) is 55.9 Å². The molecule has 0 bridgehead atoms. The van der Waals surface area contributed by atoms with Gasteiger partial charge in [-0.05, 0) is 54.3 Å². The number of fused-ring (bicyclic) bond motifs is 5. The largest absolute Gasteiger partial charge is 0.368 e. The van der Waals surface area contributed by atoms with E-state index in [-0.39, 0.29) is 42.1 Å². The van der Waals surface area contributed by atoms with Crippen LogP contribution in [0.25, 0.3) is 10.9 Å². The Hall–Kier alpha value is -5.23. The first-order chi connectivity index (χ1) is 25.0. The van der Waals surface area contributed by atoms with Gasteiger partial charge >= 0.3 is 0 Å². The van der Waals surface area contributed by atoms with Crippen LogP contribution in [0.3, 0.4) is 0 Å². The molecule has 4 heterocycles. The summed E-state index contributed by atoms with van der Waals surface area (Å²) in [4.78, 5) is 87.4. The number of aromatic nitrogens is 1. The number of piperidine rings is 1. The summed E-state index contributed by atoms with van der Waals surface area (Å²) >= 11 is 1.34. The molecule has 12 heteroatoms. The molecule has 266 valence electrons. The molecule has 2 N–H and O–H groups in total. The number of aryl methyl sites for hydroxylation is 1. The van der Waals surface area contributed by atoms with Crippen LogP contribution in [0, 0.1) is 0 Å². The van der Waals surface area contributed by atoms with Crippen LogP contribution in [-0.2, 0) is 26.2 Å². The average Bonchev–Trinajstić information content (AvgIpc) is 3.66. The van der Waals surface area contributed by atoms with Crippen LogP contribution in [0.2, 0.25) is 0 Å². The zero-order chi connectivity index (χ0) is 36.5. The minimum Gasteiger partial charge on any atom is -0.368 e. The molecule has 11 nitrogen and oxygen atoms in total. The fourth-order valence-electron chi connectivity index (χ4n) is 8.24. The second kappa shape index (κ2) is 12.8. The fraction of sp³-hybridized carbons (Fsp3) is 0.350. The predicted octanol–water partition coefficient (Wildman–Crippen LogP) is 4.83. The van der Waals surface area contributed by atoms with E-state index < -0.39 is 35.1 Å². The molecular weight excluding hydrogens is 679 g/mol. The Morgan fingerprint density at radius 3 is 2.42 bits per heavy atom. The van der Waals surface area contributed by atoms with Crippen LogP contribution in [0.1, 0.15) is 93.5 Å².